The molecule has 6 heteroatoms. The van der Waals surface area contributed by atoms with E-state index in [9.17, 15) is 0 Å². The number of hydrogen-bond acceptors (Lipinski definition) is 3. The van der Waals surface area contributed by atoms with Gasteiger partial charge < -0.3 is 4.57 Å². The molecule has 0 saturated carbocycles. The van der Waals surface area contributed by atoms with Crippen molar-refractivity contribution in [3.8, 4) is 39.9 Å². The second kappa shape index (κ2) is 12.2. The van der Waals surface area contributed by atoms with E-state index in [1.807, 2.05) is 24.3 Å². The highest BCUT2D eigenvalue weighted by atomic mass is 15.0. The fourth-order valence-electron chi connectivity index (χ4n) is 8.19. The maximum atomic E-state index is 7.48. The Kier molecular flexibility index (Phi) is 7.05. The van der Waals surface area contributed by atoms with Crippen LogP contribution in [0.15, 0.2) is 170 Å². The molecule has 0 N–H and O–H groups in total. The first-order chi connectivity index (χ1) is 26.7. The maximum absolute atomic E-state index is 7.48. The van der Waals surface area contributed by atoms with E-state index in [0.717, 1.165) is 60.9 Å². The number of hydrogen-bond donors (Lipinski definition) is 0. The summed E-state index contributed by atoms with van der Waals surface area (Å²) in [6, 6.07) is 58.1. The molecule has 7 aromatic carbocycles. The van der Waals surface area contributed by atoms with Gasteiger partial charge in [-0.15, -0.1) is 0 Å². The third-order valence-electron chi connectivity index (χ3n) is 10.5. The van der Waals surface area contributed by atoms with Crippen molar-refractivity contribution >= 4 is 33.2 Å². The molecule has 10 rings (SSSR count). The summed E-state index contributed by atoms with van der Waals surface area (Å²) in [7, 11) is 0. The first-order valence-electron chi connectivity index (χ1n) is 17.7. The minimum atomic E-state index is -0.679. The van der Waals surface area contributed by atoms with Crippen LogP contribution >= 0.6 is 0 Å². The highest BCUT2D eigenvalue weighted by Crippen LogP contribution is 2.55. The second-order valence-electron chi connectivity index (χ2n) is 13.4. The van der Waals surface area contributed by atoms with Crippen molar-refractivity contribution in [2.24, 2.45) is 0 Å². The normalized spacial score (nSPS) is 12.6. The fourth-order valence-corrected chi connectivity index (χ4v) is 8.19. The average molecular weight is 689 g/mol. The van der Waals surface area contributed by atoms with Crippen LogP contribution in [0.5, 0.6) is 0 Å². The Hall–Kier alpha value is -7.67. The molecule has 0 radical (unpaired) electrons. The van der Waals surface area contributed by atoms with Gasteiger partial charge in [0.1, 0.15) is 0 Å². The zero-order valence-corrected chi connectivity index (χ0v) is 28.8. The standard InChI is InChI=1S/C48H28N6/c1-49-36-25-21-31(22-26-36)45-51-46(32-23-27-37(50-2)28-24-32)53-47(52-45)33-29-39-38-17-9-11-19-42(38)54-43-20-12-10-18-40(43)48(41(30-33)44(39)54,34-13-5-3-6-14-34)35-15-7-4-8-16-35/h3-30H. The minimum Gasteiger partial charge on any atom is -0.309 e. The van der Waals surface area contributed by atoms with Gasteiger partial charge in [0.25, 0.3) is 0 Å². The van der Waals surface area contributed by atoms with E-state index < -0.39 is 5.41 Å². The van der Waals surface area contributed by atoms with Gasteiger partial charge in [-0.1, -0.05) is 146 Å². The van der Waals surface area contributed by atoms with Crippen molar-refractivity contribution in [1.82, 2.24) is 19.5 Å². The maximum Gasteiger partial charge on any atom is 0.187 e. The molecule has 0 atom stereocenters. The van der Waals surface area contributed by atoms with E-state index in [1.54, 1.807) is 24.3 Å². The third kappa shape index (κ3) is 4.61. The SMILES string of the molecule is [C-]#[N+]c1ccc(-c2nc(-c3ccc([N+]#[C-])cc3)nc(-c3cc4c5c(c3)c3ccccc3n5-c3ccccc3C4(c3ccccc3)c3ccccc3)n2)cc1. The van der Waals surface area contributed by atoms with Gasteiger partial charge in [0.05, 0.1) is 35.3 Å². The highest BCUT2D eigenvalue weighted by Gasteiger charge is 2.45. The van der Waals surface area contributed by atoms with Crippen LogP contribution in [0.25, 0.3) is 71.3 Å². The number of aromatic nitrogens is 4. The van der Waals surface area contributed by atoms with Crippen LogP contribution in [0.1, 0.15) is 22.3 Å². The first-order valence-corrected chi connectivity index (χ1v) is 17.7. The van der Waals surface area contributed by atoms with Crippen LogP contribution in [-0.4, -0.2) is 19.5 Å². The van der Waals surface area contributed by atoms with Crippen LogP contribution in [-0.2, 0) is 5.41 Å². The van der Waals surface area contributed by atoms with Gasteiger partial charge in [-0.25, -0.2) is 24.6 Å². The topological polar surface area (TPSA) is 52.3 Å². The van der Waals surface area contributed by atoms with E-state index in [-0.39, 0.29) is 0 Å². The largest absolute Gasteiger partial charge is 0.309 e. The predicted octanol–water partition coefficient (Wildman–Crippen LogP) is 11.8. The molecular weight excluding hydrogens is 661 g/mol. The summed E-state index contributed by atoms with van der Waals surface area (Å²) in [5.74, 6) is 1.53. The van der Waals surface area contributed by atoms with Crippen molar-refractivity contribution in [2.75, 3.05) is 0 Å². The van der Waals surface area contributed by atoms with Crippen LogP contribution in [0.3, 0.4) is 0 Å². The molecule has 0 spiro atoms. The summed E-state index contributed by atoms with van der Waals surface area (Å²) in [5, 5.41) is 2.25. The van der Waals surface area contributed by atoms with E-state index in [2.05, 4.69) is 136 Å². The predicted molar refractivity (Wildman–Crippen MR) is 215 cm³/mol. The van der Waals surface area contributed by atoms with Crippen molar-refractivity contribution in [3.63, 3.8) is 0 Å². The molecule has 0 saturated heterocycles. The van der Waals surface area contributed by atoms with Crippen molar-refractivity contribution < 1.29 is 0 Å². The fraction of sp³-hybridized carbons (Fsp3) is 0.0208. The molecule has 250 valence electrons. The van der Waals surface area contributed by atoms with E-state index >= 15 is 0 Å². The monoisotopic (exact) mass is 688 g/mol. The summed E-state index contributed by atoms with van der Waals surface area (Å²) in [6.45, 7) is 15.0. The average Bonchev–Trinajstić information content (AvgIpc) is 3.59. The smallest absolute Gasteiger partial charge is 0.187 e. The second-order valence-corrected chi connectivity index (χ2v) is 13.4. The summed E-state index contributed by atoms with van der Waals surface area (Å²) >= 11 is 0. The van der Waals surface area contributed by atoms with Gasteiger partial charge in [0.15, 0.2) is 28.8 Å². The summed E-state index contributed by atoms with van der Waals surface area (Å²) in [5.41, 5.74) is 10.9. The summed E-state index contributed by atoms with van der Waals surface area (Å²) in [6.07, 6.45) is 0. The summed E-state index contributed by atoms with van der Waals surface area (Å²) < 4.78 is 2.42. The van der Waals surface area contributed by atoms with Gasteiger partial charge >= 0.3 is 0 Å². The molecule has 54 heavy (non-hydrogen) atoms. The Balaban J connectivity index is 1.34. The molecule has 9 aromatic rings. The van der Waals surface area contributed by atoms with E-state index in [4.69, 9.17) is 28.1 Å². The number of fused-ring (bicyclic) bond motifs is 5. The van der Waals surface area contributed by atoms with Gasteiger partial charge in [-0.3, -0.25) is 0 Å². The molecule has 1 aliphatic rings. The zero-order valence-electron chi connectivity index (χ0n) is 28.8. The molecule has 0 amide bonds. The lowest BCUT2D eigenvalue weighted by Gasteiger charge is -2.42. The third-order valence-corrected chi connectivity index (χ3v) is 10.5. The van der Waals surface area contributed by atoms with Gasteiger partial charge in [0, 0.05) is 27.5 Å². The van der Waals surface area contributed by atoms with Gasteiger partial charge in [-0.05, 0) is 46.5 Å². The minimum absolute atomic E-state index is 0.500. The van der Waals surface area contributed by atoms with E-state index in [0.29, 0.717) is 28.8 Å². The molecule has 0 aliphatic carbocycles. The number of nitrogens with zero attached hydrogens (tertiary/aromatic N) is 6. The lowest BCUT2D eigenvalue weighted by atomic mass is 9.63. The Bertz CT molecular complexity index is 2870. The zero-order chi connectivity index (χ0) is 36.2. The Morgan fingerprint density at radius 1 is 0.444 bits per heavy atom. The molecule has 1 aliphatic heterocycles. The molecule has 3 heterocycles. The van der Waals surface area contributed by atoms with Gasteiger partial charge in [-0.2, -0.15) is 0 Å². The molecule has 2 aromatic heterocycles. The lowest BCUT2D eigenvalue weighted by Crippen LogP contribution is -2.35. The van der Waals surface area contributed by atoms with E-state index in [1.165, 1.54) is 5.56 Å². The molecule has 6 nitrogen and oxygen atoms in total. The molecule has 0 unspecified atom stereocenters. The van der Waals surface area contributed by atoms with Crippen LogP contribution in [0.2, 0.25) is 0 Å². The van der Waals surface area contributed by atoms with Crippen LogP contribution in [0, 0.1) is 13.1 Å². The Labute approximate surface area is 312 Å². The number of rotatable bonds is 5. The van der Waals surface area contributed by atoms with Crippen molar-refractivity contribution in [2.45, 2.75) is 5.41 Å². The highest BCUT2D eigenvalue weighted by molar-refractivity contribution is 6.13. The number of benzene rings is 7. The molecular formula is C48H28N6. The van der Waals surface area contributed by atoms with Gasteiger partial charge in [0.2, 0.25) is 0 Å². The van der Waals surface area contributed by atoms with Crippen molar-refractivity contribution in [1.29, 1.82) is 0 Å². The Morgan fingerprint density at radius 3 is 1.52 bits per heavy atom. The quantitative estimate of drug-likeness (QED) is 0.169. The van der Waals surface area contributed by atoms with Crippen LogP contribution in [0.4, 0.5) is 11.4 Å². The van der Waals surface area contributed by atoms with Crippen molar-refractivity contribution in [3.05, 3.63) is 215 Å². The lowest BCUT2D eigenvalue weighted by molar-refractivity contribution is 0.728. The number of para-hydroxylation sites is 2. The Morgan fingerprint density at radius 2 is 0.944 bits per heavy atom. The molecule has 0 fully saturated rings. The summed E-state index contributed by atoms with van der Waals surface area (Å²) in [4.78, 5) is 22.4. The first kappa shape index (κ1) is 31.1. The molecule has 0 bridgehead atoms. The van der Waals surface area contributed by atoms with Crippen LogP contribution < -0.4 is 0 Å².